The Balaban J connectivity index is 1.57. The van der Waals surface area contributed by atoms with Crippen LogP contribution < -0.4 is 0 Å². The zero-order valence-corrected chi connectivity index (χ0v) is 16.2. The van der Waals surface area contributed by atoms with E-state index in [0.29, 0.717) is 45.1 Å². The van der Waals surface area contributed by atoms with Crippen molar-refractivity contribution in [2.75, 3.05) is 32.8 Å². The van der Waals surface area contributed by atoms with Crippen LogP contribution in [-0.2, 0) is 34.8 Å². The van der Waals surface area contributed by atoms with E-state index >= 15 is 0 Å². The normalized spacial score (nSPS) is 18.7. The van der Waals surface area contributed by atoms with E-state index in [2.05, 4.69) is 6.07 Å². The first-order valence-electron chi connectivity index (χ1n) is 8.55. The van der Waals surface area contributed by atoms with Crippen molar-refractivity contribution >= 4 is 27.3 Å². The van der Waals surface area contributed by atoms with Gasteiger partial charge in [-0.2, -0.15) is 4.31 Å². The maximum Gasteiger partial charge on any atom is 0.270 e. The van der Waals surface area contributed by atoms with Gasteiger partial charge in [0.2, 0.25) is 10.0 Å². The third-order valence-electron chi connectivity index (χ3n) is 4.90. The Morgan fingerprint density at radius 2 is 2.00 bits per heavy atom. The SMILES string of the molecule is Cn1cc(S(=O)(=O)N2CCOCC2)cc1C(=O)N1CCc2sccc2C1. The summed E-state index contributed by atoms with van der Waals surface area (Å²) in [5.74, 6) is -0.132. The zero-order chi connectivity index (χ0) is 18.3. The first-order chi connectivity index (χ1) is 12.5. The Morgan fingerprint density at radius 3 is 2.77 bits per heavy atom. The molecule has 0 saturated carbocycles. The number of thiophene rings is 1. The topological polar surface area (TPSA) is 71.9 Å². The Morgan fingerprint density at radius 1 is 1.23 bits per heavy atom. The highest BCUT2D eigenvalue weighted by Gasteiger charge is 2.30. The smallest absolute Gasteiger partial charge is 0.270 e. The number of ether oxygens (including phenoxy) is 1. The van der Waals surface area contributed by atoms with Gasteiger partial charge in [-0.15, -0.1) is 11.3 Å². The molecule has 140 valence electrons. The molecule has 7 nitrogen and oxygen atoms in total. The maximum atomic E-state index is 12.9. The summed E-state index contributed by atoms with van der Waals surface area (Å²) >= 11 is 1.72. The number of rotatable bonds is 3. The summed E-state index contributed by atoms with van der Waals surface area (Å²) in [5, 5.41) is 2.05. The van der Waals surface area contributed by atoms with E-state index < -0.39 is 10.0 Å². The van der Waals surface area contributed by atoms with E-state index in [1.165, 1.54) is 27.0 Å². The lowest BCUT2D eigenvalue weighted by Crippen LogP contribution is -2.40. The van der Waals surface area contributed by atoms with E-state index in [0.717, 1.165) is 6.42 Å². The van der Waals surface area contributed by atoms with E-state index in [1.807, 2.05) is 5.38 Å². The van der Waals surface area contributed by atoms with Gasteiger partial charge in [-0.25, -0.2) is 8.42 Å². The summed E-state index contributed by atoms with van der Waals surface area (Å²) in [4.78, 5) is 16.2. The van der Waals surface area contributed by atoms with E-state index in [1.54, 1.807) is 27.9 Å². The standard InChI is InChI=1S/C17H21N3O4S2/c1-18-12-14(26(22,23)20-5-7-24-8-6-20)10-15(18)17(21)19-4-2-16-13(11-19)3-9-25-16/h3,9-10,12H,2,4-8,11H2,1H3. The molecule has 1 saturated heterocycles. The van der Waals surface area contributed by atoms with Crippen molar-refractivity contribution in [2.24, 2.45) is 7.05 Å². The number of fused-ring (bicyclic) bond motifs is 1. The minimum Gasteiger partial charge on any atom is -0.379 e. The largest absolute Gasteiger partial charge is 0.379 e. The summed E-state index contributed by atoms with van der Waals surface area (Å²) in [6.45, 7) is 2.71. The monoisotopic (exact) mass is 395 g/mol. The van der Waals surface area contributed by atoms with Gasteiger partial charge in [0, 0.05) is 44.3 Å². The molecule has 1 fully saturated rings. The van der Waals surface area contributed by atoms with Gasteiger partial charge in [-0.3, -0.25) is 4.79 Å². The predicted octanol–water partition coefficient (Wildman–Crippen LogP) is 1.31. The van der Waals surface area contributed by atoms with Gasteiger partial charge in [0.05, 0.1) is 13.2 Å². The van der Waals surface area contributed by atoms with Crippen LogP contribution in [0.3, 0.4) is 0 Å². The highest BCUT2D eigenvalue weighted by atomic mass is 32.2. The van der Waals surface area contributed by atoms with E-state index in [-0.39, 0.29) is 10.8 Å². The number of aromatic nitrogens is 1. The zero-order valence-electron chi connectivity index (χ0n) is 14.6. The quantitative estimate of drug-likeness (QED) is 0.786. The molecule has 0 bridgehead atoms. The summed E-state index contributed by atoms with van der Waals surface area (Å²) in [7, 11) is -1.89. The van der Waals surface area contributed by atoms with Crippen molar-refractivity contribution in [1.29, 1.82) is 0 Å². The van der Waals surface area contributed by atoms with Crippen LogP contribution >= 0.6 is 11.3 Å². The minimum atomic E-state index is -3.60. The second-order valence-electron chi connectivity index (χ2n) is 6.53. The molecule has 0 unspecified atom stereocenters. The van der Waals surface area contributed by atoms with Crippen LogP contribution in [0.2, 0.25) is 0 Å². The molecule has 2 aromatic rings. The lowest BCUT2D eigenvalue weighted by molar-refractivity contribution is 0.0725. The van der Waals surface area contributed by atoms with Gasteiger partial charge in [-0.1, -0.05) is 0 Å². The molecule has 9 heteroatoms. The number of carbonyl (C=O) groups excluding carboxylic acids is 1. The number of hydrogen-bond donors (Lipinski definition) is 0. The van der Waals surface area contributed by atoms with Crippen molar-refractivity contribution in [3.8, 4) is 0 Å². The number of amides is 1. The van der Waals surface area contributed by atoms with Crippen LogP contribution in [0.1, 0.15) is 20.9 Å². The molecule has 26 heavy (non-hydrogen) atoms. The Hall–Kier alpha value is -1.68. The van der Waals surface area contributed by atoms with E-state index in [9.17, 15) is 13.2 Å². The second kappa shape index (κ2) is 6.80. The fraction of sp³-hybridized carbons (Fsp3) is 0.471. The molecule has 0 aliphatic carbocycles. The van der Waals surface area contributed by atoms with Crippen LogP contribution in [0, 0.1) is 0 Å². The van der Waals surface area contributed by atoms with Crippen molar-refractivity contribution in [1.82, 2.24) is 13.8 Å². The highest BCUT2D eigenvalue weighted by molar-refractivity contribution is 7.89. The third kappa shape index (κ3) is 3.09. The van der Waals surface area contributed by atoms with Crippen molar-refractivity contribution < 1.29 is 17.9 Å². The summed E-state index contributed by atoms with van der Waals surface area (Å²) < 4.78 is 33.9. The summed E-state index contributed by atoms with van der Waals surface area (Å²) in [6.07, 6.45) is 2.38. The lowest BCUT2D eigenvalue weighted by Gasteiger charge is -2.27. The first kappa shape index (κ1) is 17.7. The molecule has 0 radical (unpaired) electrons. The van der Waals surface area contributed by atoms with Gasteiger partial charge < -0.3 is 14.2 Å². The van der Waals surface area contributed by atoms with Crippen LogP contribution in [0.25, 0.3) is 0 Å². The Kier molecular flexibility index (Phi) is 4.64. The molecule has 2 aliphatic rings. The first-order valence-corrected chi connectivity index (χ1v) is 10.9. The molecule has 4 heterocycles. The molecule has 2 aromatic heterocycles. The van der Waals surface area contributed by atoms with Crippen LogP contribution in [0.15, 0.2) is 28.6 Å². The average Bonchev–Trinajstić information content (AvgIpc) is 3.28. The van der Waals surface area contributed by atoms with Crippen molar-refractivity contribution in [2.45, 2.75) is 17.9 Å². The number of sulfonamides is 1. The van der Waals surface area contributed by atoms with Gasteiger partial charge in [0.1, 0.15) is 10.6 Å². The summed E-state index contributed by atoms with van der Waals surface area (Å²) in [5.41, 5.74) is 1.58. The number of hydrogen-bond acceptors (Lipinski definition) is 5. The molecule has 0 aromatic carbocycles. The van der Waals surface area contributed by atoms with Crippen molar-refractivity contribution in [3.63, 3.8) is 0 Å². The molecular weight excluding hydrogens is 374 g/mol. The Bertz CT molecular complexity index is 926. The number of aryl methyl sites for hydroxylation is 1. The van der Waals surface area contributed by atoms with Crippen LogP contribution in [0.4, 0.5) is 0 Å². The van der Waals surface area contributed by atoms with Gasteiger partial charge >= 0.3 is 0 Å². The number of carbonyl (C=O) groups is 1. The fourth-order valence-corrected chi connectivity index (χ4v) is 5.78. The molecule has 1 amide bonds. The van der Waals surface area contributed by atoms with Crippen LogP contribution in [-0.4, -0.2) is 60.9 Å². The molecule has 2 aliphatic heterocycles. The Labute approximate surface area is 156 Å². The maximum absolute atomic E-state index is 12.9. The highest BCUT2D eigenvalue weighted by Crippen LogP contribution is 2.26. The van der Waals surface area contributed by atoms with Crippen molar-refractivity contribution in [3.05, 3.63) is 39.8 Å². The number of nitrogens with zero attached hydrogens (tertiary/aromatic N) is 3. The fourth-order valence-electron chi connectivity index (χ4n) is 3.41. The average molecular weight is 396 g/mol. The minimum absolute atomic E-state index is 0.132. The second-order valence-corrected chi connectivity index (χ2v) is 9.47. The lowest BCUT2D eigenvalue weighted by atomic mass is 10.1. The predicted molar refractivity (Wildman–Crippen MR) is 97.8 cm³/mol. The number of morpholine rings is 1. The molecular formula is C17H21N3O4S2. The molecule has 0 spiro atoms. The van der Waals surface area contributed by atoms with E-state index in [4.69, 9.17) is 4.74 Å². The molecule has 0 N–H and O–H groups in total. The van der Waals surface area contributed by atoms with Gasteiger partial charge in [0.15, 0.2) is 0 Å². The summed E-state index contributed by atoms with van der Waals surface area (Å²) in [6, 6.07) is 3.55. The molecule has 4 rings (SSSR count). The third-order valence-corrected chi connectivity index (χ3v) is 7.79. The van der Waals surface area contributed by atoms with Gasteiger partial charge in [0.25, 0.3) is 5.91 Å². The molecule has 0 atom stereocenters. The van der Waals surface area contributed by atoms with Crippen LogP contribution in [0.5, 0.6) is 0 Å². The van der Waals surface area contributed by atoms with Gasteiger partial charge in [-0.05, 0) is 29.5 Å².